The number of halogens is 6. The molecule has 1 saturated carbocycles. The summed E-state index contributed by atoms with van der Waals surface area (Å²) < 4.78 is 82.5. The van der Waals surface area contributed by atoms with Gasteiger partial charge in [0.15, 0.2) is 6.19 Å². The van der Waals surface area contributed by atoms with Gasteiger partial charge in [0.1, 0.15) is 22.8 Å². The maximum atomic E-state index is 15.4. The monoisotopic (exact) mass is 591 g/mol. The second-order valence-corrected chi connectivity index (χ2v) is 12.4. The Kier molecular flexibility index (Phi) is 7.48. The number of carbonyl (C=O) groups is 2. The molecular weight excluding hydrogens is 564 g/mol. The van der Waals surface area contributed by atoms with E-state index in [0.29, 0.717) is 23.8 Å². The molecule has 1 aliphatic carbocycles. The van der Waals surface area contributed by atoms with Crippen LogP contribution in [-0.2, 0) is 9.59 Å². The van der Waals surface area contributed by atoms with Crippen molar-refractivity contribution in [2.45, 2.75) is 67.6 Å². The van der Waals surface area contributed by atoms with E-state index in [4.69, 9.17) is 0 Å². The van der Waals surface area contributed by atoms with Crippen LogP contribution in [0.4, 0.5) is 29.5 Å². The van der Waals surface area contributed by atoms with Crippen molar-refractivity contribution in [3.63, 3.8) is 0 Å². The van der Waals surface area contributed by atoms with Crippen molar-refractivity contribution < 1.29 is 38.5 Å². The van der Waals surface area contributed by atoms with E-state index in [0.717, 1.165) is 24.2 Å². The highest BCUT2D eigenvalue weighted by Gasteiger charge is 2.65. The van der Waals surface area contributed by atoms with Crippen LogP contribution >= 0.6 is 10.2 Å². The quantitative estimate of drug-likeness (QED) is 0.333. The Morgan fingerprint density at radius 2 is 1.85 bits per heavy atom. The van der Waals surface area contributed by atoms with Crippen LogP contribution in [0.3, 0.4) is 0 Å². The Hall–Kier alpha value is -3.51. The molecule has 8 nitrogen and oxygen atoms in total. The number of amides is 2. The molecule has 1 saturated heterocycles. The average molecular weight is 592 g/mol. The third kappa shape index (κ3) is 6.44. The van der Waals surface area contributed by atoms with Crippen molar-refractivity contribution in [2.24, 2.45) is 0 Å². The highest BCUT2D eigenvalue weighted by atomic mass is 32.5. The van der Waals surface area contributed by atoms with Crippen molar-refractivity contribution in [3.8, 4) is 6.19 Å². The number of aliphatic hydroxyl groups is 1. The molecule has 218 valence electrons. The number of hydrogen-bond acceptors (Lipinski definition) is 6. The van der Waals surface area contributed by atoms with Gasteiger partial charge in [-0.3, -0.25) is 24.4 Å². The molecule has 2 amide bonds. The van der Waals surface area contributed by atoms with Gasteiger partial charge in [0.05, 0.1) is 18.3 Å². The van der Waals surface area contributed by atoms with Gasteiger partial charge in [-0.25, -0.2) is 4.39 Å². The van der Waals surface area contributed by atoms with E-state index in [-0.39, 0.29) is 30.6 Å². The lowest BCUT2D eigenvalue weighted by molar-refractivity contribution is -0.128. The molecule has 2 aliphatic rings. The van der Waals surface area contributed by atoms with Crippen molar-refractivity contribution in [3.05, 3.63) is 54.1 Å². The molecule has 40 heavy (non-hydrogen) atoms. The number of nitrogens with zero attached hydrogens (tertiary/aromatic N) is 4. The molecule has 1 aromatic heterocycles. The summed E-state index contributed by atoms with van der Waals surface area (Å²) in [6.07, 6.45) is 6.74. The number of hydrogen-bond donors (Lipinski definition) is 2. The molecule has 15 heteroatoms. The molecular formula is C25H27F6N5O3S. The first kappa shape index (κ1) is 29.5. The van der Waals surface area contributed by atoms with Crippen molar-refractivity contribution in [1.82, 2.24) is 15.2 Å². The number of pyridine rings is 1. The summed E-state index contributed by atoms with van der Waals surface area (Å²) in [4.78, 5) is 30.5. The minimum Gasteiger partial charge on any atom is -0.391 e. The van der Waals surface area contributed by atoms with Crippen LogP contribution < -0.4 is 10.2 Å². The molecule has 0 radical (unpaired) electrons. The van der Waals surface area contributed by atoms with E-state index < -0.39 is 62.7 Å². The fourth-order valence-corrected chi connectivity index (χ4v) is 5.76. The van der Waals surface area contributed by atoms with Gasteiger partial charge in [-0.1, -0.05) is 44.8 Å². The van der Waals surface area contributed by atoms with Crippen LogP contribution in [0, 0.1) is 17.3 Å². The fourth-order valence-electron chi connectivity index (χ4n) is 5.11. The molecule has 2 aromatic rings. The fraction of sp³-hybridized carbons (Fsp3) is 0.440. The number of carbonyl (C=O) groups excluding carboxylic acids is 2. The van der Waals surface area contributed by atoms with Gasteiger partial charge < -0.3 is 10.4 Å². The topological polar surface area (TPSA) is 110 Å². The van der Waals surface area contributed by atoms with E-state index in [9.17, 15) is 39.4 Å². The Morgan fingerprint density at radius 3 is 2.42 bits per heavy atom. The first-order chi connectivity index (χ1) is 18.6. The summed E-state index contributed by atoms with van der Waals surface area (Å²) in [5.74, 6) is -3.73. The maximum absolute atomic E-state index is 15.4. The lowest BCUT2D eigenvalue weighted by Gasteiger charge is -2.41. The summed E-state index contributed by atoms with van der Waals surface area (Å²) >= 11 is 0. The summed E-state index contributed by atoms with van der Waals surface area (Å²) in [5, 5.41) is 22.4. The van der Waals surface area contributed by atoms with Crippen molar-refractivity contribution in [1.29, 1.82) is 5.26 Å². The van der Waals surface area contributed by atoms with Gasteiger partial charge >= 0.3 is 10.2 Å². The van der Waals surface area contributed by atoms with E-state index in [1.807, 2.05) is 0 Å². The van der Waals surface area contributed by atoms with Crippen LogP contribution in [0.5, 0.6) is 0 Å². The summed E-state index contributed by atoms with van der Waals surface area (Å²) in [6.45, 7) is -0.252. The predicted molar refractivity (Wildman–Crippen MR) is 134 cm³/mol. The van der Waals surface area contributed by atoms with Crippen LogP contribution in [0.1, 0.15) is 50.1 Å². The number of benzene rings is 1. The standard InChI is InChI=1S/C25H27F6N5O3S/c26-20-12-19(40(27,28,29,30)31)8-9-21(20)36(25(39)22-11-18(37)14-35(22)15-32)23(16-5-4-10-33-13-16)24(38)34-17-6-2-1-3-7-17/h4-5,8-10,12-13,17-18,22-23,37H,1-3,6-7,11,14H2,(H,34,38). The SMILES string of the molecule is N#CN1CC(O)CC1C(=O)N(c1ccc(S(F)(F)(F)(F)F)cc1F)C(C(=O)NC1CCCCC1)c1cccnc1. The molecule has 3 atom stereocenters. The number of β-amino-alcohol motifs (C(OH)–C–C–N with tert-alkyl or cyclic N) is 1. The Morgan fingerprint density at radius 1 is 1.15 bits per heavy atom. The second kappa shape index (κ2) is 10.2. The van der Waals surface area contributed by atoms with Gasteiger partial charge in [-0.2, -0.15) is 5.26 Å². The van der Waals surface area contributed by atoms with Crippen molar-refractivity contribution in [2.75, 3.05) is 11.4 Å². The molecule has 4 rings (SSSR count). The summed E-state index contributed by atoms with van der Waals surface area (Å²) in [7, 11) is -10.3. The smallest absolute Gasteiger partial charge is 0.310 e. The number of rotatable bonds is 7. The lowest BCUT2D eigenvalue weighted by Crippen LogP contribution is -2.52. The zero-order valence-corrected chi connectivity index (χ0v) is 21.8. The Balaban J connectivity index is 1.86. The highest BCUT2D eigenvalue weighted by molar-refractivity contribution is 8.45. The van der Waals surface area contributed by atoms with Crippen LogP contribution in [0.15, 0.2) is 47.6 Å². The lowest BCUT2D eigenvalue weighted by atomic mass is 9.94. The predicted octanol–water partition coefficient (Wildman–Crippen LogP) is 5.32. The minimum atomic E-state index is -10.3. The molecule has 1 aliphatic heterocycles. The number of anilines is 1. The van der Waals surface area contributed by atoms with Crippen molar-refractivity contribution >= 4 is 27.7 Å². The average Bonchev–Trinajstić information content (AvgIpc) is 3.27. The third-order valence-electron chi connectivity index (χ3n) is 7.01. The second-order valence-electron chi connectivity index (χ2n) is 9.98. The van der Waals surface area contributed by atoms with E-state index in [2.05, 4.69) is 10.3 Å². The van der Waals surface area contributed by atoms with Gasteiger partial charge in [-0.15, -0.1) is 0 Å². The molecule has 2 heterocycles. The maximum Gasteiger partial charge on any atom is 0.310 e. The molecule has 3 unspecified atom stereocenters. The number of aliphatic hydroxyl groups excluding tert-OH is 1. The van der Waals surface area contributed by atoms with Crippen LogP contribution in [0.2, 0.25) is 0 Å². The zero-order valence-electron chi connectivity index (χ0n) is 21.0. The zero-order chi connectivity index (χ0) is 29.4. The largest absolute Gasteiger partial charge is 0.391 e. The number of aromatic nitrogens is 1. The Labute approximate surface area is 226 Å². The number of nitrogens with one attached hydrogen (secondary N) is 1. The molecule has 0 bridgehead atoms. The minimum absolute atomic E-state index is 0.0504. The van der Waals surface area contributed by atoms with Gasteiger partial charge in [0.25, 0.3) is 5.91 Å². The van der Waals surface area contributed by atoms with Gasteiger partial charge in [0.2, 0.25) is 5.91 Å². The third-order valence-corrected chi connectivity index (χ3v) is 8.16. The first-order valence-electron chi connectivity index (χ1n) is 12.5. The number of likely N-dealkylation sites (tertiary alicyclic amines) is 1. The summed E-state index contributed by atoms with van der Waals surface area (Å²) in [5.41, 5.74) is -0.829. The first-order valence-corrected chi connectivity index (χ1v) is 14.5. The normalized spacial score (nSPS) is 22.5. The molecule has 0 spiro atoms. The number of nitriles is 1. The van der Waals surface area contributed by atoms with Gasteiger partial charge in [-0.05, 0) is 37.1 Å². The van der Waals surface area contributed by atoms with Crippen LogP contribution in [0.25, 0.3) is 0 Å². The molecule has 2 N–H and O–H groups in total. The highest BCUT2D eigenvalue weighted by Crippen LogP contribution is 3.02. The van der Waals surface area contributed by atoms with E-state index >= 15 is 4.39 Å². The van der Waals surface area contributed by atoms with Crippen LogP contribution in [-0.4, -0.2) is 51.5 Å². The van der Waals surface area contributed by atoms with Gasteiger partial charge in [0, 0.05) is 30.4 Å². The van der Waals surface area contributed by atoms with E-state index in [1.54, 1.807) is 6.19 Å². The molecule has 2 fully saturated rings. The van der Waals surface area contributed by atoms with E-state index in [1.165, 1.54) is 24.5 Å². The summed E-state index contributed by atoms with van der Waals surface area (Å²) in [6, 6.07) is -0.676. The Bertz CT molecular complexity index is 1320. The molecule has 1 aromatic carbocycles.